The van der Waals surface area contributed by atoms with Gasteiger partial charge in [0, 0.05) is 41.2 Å². The van der Waals surface area contributed by atoms with E-state index in [2.05, 4.69) is 41.2 Å². The minimum absolute atomic E-state index is 0.0487. The van der Waals surface area contributed by atoms with Crippen molar-refractivity contribution < 1.29 is 4.79 Å². The van der Waals surface area contributed by atoms with Crippen LogP contribution in [0.2, 0.25) is 0 Å². The molecule has 0 radical (unpaired) electrons. The van der Waals surface area contributed by atoms with Crippen LogP contribution in [0.15, 0.2) is 30.5 Å². The summed E-state index contributed by atoms with van der Waals surface area (Å²) in [5.41, 5.74) is 5.11. The number of benzene rings is 1. The Balaban J connectivity index is 1.66. The van der Waals surface area contributed by atoms with Gasteiger partial charge in [-0.1, -0.05) is 19.1 Å². The number of hydrogen-bond acceptors (Lipinski definition) is 2. The molecule has 2 aromatic heterocycles. The van der Waals surface area contributed by atoms with E-state index in [9.17, 15) is 4.79 Å². The molecule has 0 fully saturated rings. The van der Waals surface area contributed by atoms with Crippen molar-refractivity contribution in [3.8, 4) is 0 Å². The summed E-state index contributed by atoms with van der Waals surface area (Å²) in [6.07, 6.45) is 1.82. The summed E-state index contributed by atoms with van der Waals surface area (Å²) in [5.74, 6) is 0.328. The second-order valence-electron chi connectivity index (χ2n) is 6.17. The number of carbonyl (C=O) groups excluding carboxylic acids is 1. The number of carbonyl (C=O) groups is 1. The van der Waals surface area contributed by atoms with Gasteiger partial charge in [0.15, 0.2) is 0 Å². The zero-order valence-electron chi connectivity index (χ0n) is 12.7. The predicted molar refractivity (Wildman–Crippen MR) is 84.8 cm³/mol. The van der Waals surface area contributed by atoms with E-state index in [1.807, 2.05) is 23.2 Å². The van der Waals surface area contributed by atoms with Crippen molar-refractivity contribution in [3.05, 3.63) is 53.0 Å². The Morgan fingerprint density at radius 3 is 3.09 bits per heavy atom. The fourth-order valence-corrected chi connectivity index (χ4v) is 3.25. The highest BCUT2D eigenvalue weighted by Crippen LogP contribution is 2.27. The van der Waals surface area contributed by atoms with Gasteiger partial charge >= 0.3 is 0 Å². The number of nitrogens with zero attached hydrogens (tertiary/aromatic N) is 2. The second-order valence-corrected chi connectivity index (χ2v) is 6.17. The number of aromatic amines is 2. The maximum Gasteiger partial charge on any atom is 0.270 e. The van der Waals surface area contributed by atoms with Gasteiger partial charge in [0.1, 0.15) is 5.69 Å². The predicted octanol–water partition coefficient (Wildman–Crippen LogP) is 2.96. The first-order valence-electron chi connectivity index (χ1n) is 7.52. The van der Waals surface area contributed by atoms with E-state index in [1.165, 1.54) is 5.56 Å². The molecule has 0 saturated carbocycles. The molecule has 0 aliphatic carbocycles. The molecule has 3 heterocycles. The van der Waals surface area contributed by atoms with Gasteiger partial charge in [-0.25, -0.2) is 0 Å². The van der Waals surface area contributed by atoms with Crippen molar-refractivity contribution >= 4 is 16.8 Å². The van der Waals surface area contributed by atoms with Gasteiger partial charge < -0.3 is 9.88 Å². The quantitative estimate of drug-likeness (QED) is 0.724. The fourth-order valence-electron chi connectivity index (χ4n) is 3.25. The molecule has 0 bridgehead atoms. The zero-order chi connectivity index (χ0) is 15.3. The normalized spacial score (nSPS) is 17.7. The van der Waals surface area contributed by atoms with Gasteiger partial charge in [-0.2, -0.15) is 5.10 Å². The molecule has 112 valence electrons. The van der Waals surface area contributed by atoms with Crippen LogP contribution in [0.5, 0.6) is 0 Å². The van der Waals surface area contributed by atoms with Crippen LogP contribution < -0.4 is 0 Å². The van der Waals surface area contributed by atoms with E-state index in [4.69, 9.17) is 0 Å². The highest BCUT2D eigenvalue weighted by molar-refractivity contribution is 5.98. The third-order valence-electron chi connectivity index (χ3n) is 4.40. The number of aryl methyl sites for hydroxylation is 1. The van der Waals surface area contributed by atoms with Gasteiger partial charge in [-0.3, -0.25) is 9.89 Å². The van der Waals surface area contributed by atoms with Crippen LogP contribution in [0.4, 0.5) is 0 Å². The van der Waals surface area contributed by atoms with Crippen LogP contribution in [0.25, 0.3) is 10.9 Å². The Kier molecular flexibility index (Phi) is 2.82. The van der Waals surface area contributed by atoms with Crippen LogP contribution >= 0.6 is 0 Å². The van der Waals surface area contributed by atoms with E-state index in [-0.39, 0.29) is 11.8 Å². The van der Waals surface area contributed by atoms with E-state index in [0.717, 1.165) is 22.2 Å². The van der Waals surface area contributed by atoms with Gasteiger partial charge in [0.05, 0.1) is 6.20 Å². The molecule has 2 N–H and O–H groups in total. The largest absolute Gasteiger partial charge is 0.351 e. The van der Waals surface area contributed by atoms with Gasteiger partial charge in [0.2, 0.25) is 0 Å². The molecule has 1 aliphatic heterocycles. The Hall–Kier alpha value is -2.56. The lowest BCUT2D eigenvalue weighted by Crippen LogP contribution is -2.37. The number of aromatic nitrogens is 3. The lowest BCUT2D eigenvalue weighted by molar-refractivity contribution is 0.0715. The minimum atomic E-state index is 0.0487. The van der Waals surface area contributed by atoms with Crippen molar-refractivity contribution in [2.24, 2.45) is 0 Å². The number of rotatable bonds is 1. The Bertz CT molecular complexity index is 861. The summed E-state index contributed by atoms with van der Waals surface area (Å²) in [4.78, 5) is 17.9. The van der Waals surface area contributed by atoms with Crippen molar-refractivity contribution in [1.82, 2.24) is 20.1 Å². The van der Waals surface area contributed by atoms with E-state index < -0.39 is 0 Å². The second kappa shape index (κ2) is 4.73. The van der Waals surface area contributed by atoms with Crippen LogP contribution in [0, 0.1) is 6.92 Å². The van der Waals surface area contributed by atoms with Crippen molar-refractivity contribution in [1.29, 1.82) is 0 Å². The number of H-pyrrole nitrogens is 2. The Morgan fingerprint density at radius 2 is 2.23 bits per heavy atom. The van der Waals surface area contributed by atoms with Crippen molar-refractivity contribution in [3.63, 3.8) is 0 Å². The Labute approximate surface area is 128 Å². The summed E-state index contributed by atoms with van der Waals surface area (Å²) in [6.45, 7) is 5.49. The molecule has 1 aromatic carbocycles. The number of nitrogens with one attached hydrogen (secondary N) is 2. The molecule has 5 nitrogen and oxygen atoms in total. The molecule has 3 aromatic rings. The first-order valence-corrected chi connectivity index (χ1v) is 7.52. The van der Waals surface area contributed by atoms with Crippen LogP contribution in [-0.2, 0) is 6.54 Å². The molecule has 5 heteroatoms. The average molecular weight is 294 g/mol. The zero-order valence-corrected chi connectivity index (χ0v) is 12.7. The molecular formula is C17H18N4O. The van der Waals surface area contributed by atoms with Crippen LogP contribution in [0.3, 0.4) is 0 Å². The molecule has 1 unspecified atom stereocenters. The van der Waals surface area contributed by atoms with E-state index in [1.54, 1.807) is 0 Å². The number of fused-ring (bicyclic) bond motifs is 2. The summed E-state index contributed by atoms with van der Waals surface area (Å²) >= 11 is 0. The SMILES string of the molecule is Cc1ccc2cc(C(=O)N3Cc4cn[nH]c4C(C)C3)[nH]c2c1. The molecule has 4 rings (SSSR count). The number of amides is 1. The molecule has 1 aliphatic rings. The standard InChI is InChI=1S/C17H18N4O/c1-10-3-4-12-6-15(19-14(12)5-10)17(22)21-8-11(2)16-13(9-21)7-18-20-16/h3-7,11,19H,8-9H2,1-2H3,(H,18,20). The first kappa shape index (κ1) is 13.1. The average Bonchev–Trinajstić information content (AvgIpc) is 3.12. The van der Waals surface area contributed by atoms with Crippen LogP contribution in [-0.4, -0.2) is 32.5 Å². The van der Waals surface area contributed by atoms with Crippen LogP contribution in [0.1, 0.15) is 40.2 Å². The highest BCUT2D eigenvalue weighted by atomic mass is 16.2. The third kappa shape index (κ3) is 2.01. The maximum atomic E-state index is 12.8. The summed E-state index contributed by atoms with van der Waals surface area (Å²) in [7, 11) is 0. The highest BCUT2D eigenvalue weighted by Gasteiger charge is 2.28. The lowest BCUT2D eigenvalue weighted by Gasteiger charge is -2.30. The molecule has 1 atom stereocenters. The van der Waals surface area contributed by atoms with Gasteiger partial charge in [-0.15, -0.1) is 0 Å². The summed E-state index contributed by atoms with van der Waals surface area (Å²) < 4.78 is 0. The van der Waals surface area contributed by atoms with E-state index in [0.29, 0.717) is 18.8 Å². The van der Waals surface area contributed by atoms with E-state index >= 15 is 0 Å². The fraction of sp³-hybridized carbons (Fsp3) is 0.294. The monoisotopic (exact) mass is 294 g/mol. The van der Waals surface area contributed by atoms with Gasteiger partial charge in [0.25, 0.3) is 5.91 Å². The smallest absolute Gasteiger partial charge is 0.270 e. The molecule has 0 saturated heterocycles. The minimum Gasteiger partial charge on any atom is -0.351 e. The molecule has 22 heavy (non-hydrogen) atoms. The Morgan fingerprint density at radius 1 is 1.36 bits per heavy atom. The lowest BCUT2D eigenvalue weighted by atomic mass is 9.98. The first-order chi connectivity index (χ1) is 10.6. The molecular weight excluding hydrogens is 276 g/mol. The maximum absolute atomic E-state index is 12.8. The topological polar surface area (TPSA) is 64.8 Å². The third-order valence-corrected chi connectivity index (χ3v) is 4.40. The van der Waals surface area contributed by atoms with Crippen molar-refractivity contribution in [2.45, 2.75) is 26.3 Å². The van der Waals surface area contributed by atoms with Gasteiger partial charge in [-0.05, 0) is 24.6 Å². The molecule has 0 spiro atoms. The number of hydrogen-bond donors (Lipinski definition) is 2. The molecule has 1 amide bonds. The summed E-state index contributed by atoms with van der Waals surface area (Å²) in [5, 5.41) is 8.21. The summed E-state index contributed by atoms with van der Waals surface area (Å²) in [6, 6.07) is 8.11. The van der Waals surface area contributed by atoms with Crippen molar-refractivity contribution in [2.75, 3.05) is 6.54 Å².